The third-order valence-electron chi connectivity index (χ3n) is 6.70. The van der Waals surface area contributed by atoms with Crippen LogP contribution in [0.5, 0.6) is 0 Å². The molecule has 6 nitrogen and oxygen atoms in total. The first-order chi connectivity index (χ1) is 14.4. The largest absolute Gasteiger partial charge is 0.309 e. The normalized spacial score (nSPS) is 23.7. The molecule has 3 aliphatic rings. The highest BCUT2D eigenvalue weighted by Crippen LogP contribution is 2.38. The van der Waals surface area contributed by atoms with E-state index in [0.29, 0.717) is 17.9 Å². The minimum atomic E-state index is -3.71. The highest BCUT2D eigenvalue weighted by Gasteiger charge is 2.37. The fourth-order valence-corrected chi connectivity index (χ4v) is 6.90. The van der Waals surface area contributed by atoms with Gasteiger partial charge < -0.3 is 4.90 Å². The lowest BCUT2D eigenvalue weighted by atomic mass is 10.1. The molecule has 5 rings (SSSR count). The molecule has 2 aromatic rings. The van der Waals surface area contributed by atoms with E-state index in [1.54, 1.807) is 34.3 Å². The van der Waals surface area contributed by atoms with Gasteiger partial charge in [0.1, 0.15) is 0 Å². The van der Waals surface area contributed by atoms with E-state index in [0.717, 1.165) is 48.4 Å². The number of rotatable bonds is 2. The Hall–Kier alpha value is -2.38. The molecular weight excluding hydrogens is 398 g/mol. The average Bonchev–Trinajstić information content (AvgIpc) is 3.24. The Kier molecular flexibility index (Phi) is 4.63. The molecule has 0 bridgehead atoms. The maximum absolute atomic E-state index is 13.8. The Morgan fingerprint density at radius 2 is 1.87 bits per heavy atom. The molecule has 1 amide bonds. The zero-order chi connectivity index (χ0) is 21.0. The maximum atomic E-state index is 13.8. The van der Waals surface area contributed by atoms with Crippen molar-refractivity contribution in [2.24, 2.45) is 0 Å². The molecular formula is C23H27N3O3S. The zero-order valence-corrected chi connectivity index (χ0v) is 18.2. The van der Waals surface area contributed by atoms with Gasteiger partial charge in [0.15, 0.2) is 0 Å². The van der Waals surface area contributed by atoms with Gasteiger partial charge in [-0.3, -0.25) is 14.0 Å². The number of hydrogen-bond donors (Lipinski definition) is 0. The Labute approximate surface area is 178 Å². The van der Waals surface area contributed by atoms with E-state index in [2.05, 4.69) is 4.90 Å². The SMILES string of the molecule is CC(=O)N1c2ccc(S(=O)(=O)N3C[C@@H]4CCCN4Cc4ccccc43)cc2C[C@H]1C. The predicted molar refractivity (Wildman–Crippen MR) is 117 cm³/mol. The second kappa shape index (κ2) is 7.10. The minimum Gasteiger partial charge on any atom is -0.309 e. The van der Waals surface area contributed by atoms with Gasteiger partial charge in [0.25, 0.3) is 10.0 Å². The van der Waals surface area contributed by atoms with Crippen molar-refractivity contribution in [1.82, 2.24) is 4.90 Å². The summed E-state index contributed by atoms with van der Waals surface area (Å²) >= 11 is 0. The third kappa shape index (κ3) is 3.03. The van der Waals surface area contributed by atoms with Crippen LogP contribution in [0.3, 0.4) is 0 Å². The van der Waals surface area contributed by atoms with Crippen molar-refractivity contribution in [1.29, 1.82) is 0 Å². The van der Waals surface area contributed by atoms with Crippen molar-refractivity contribution < 1.29 is 13.2 Å². The number of hydrogen-bond acceptors (Lipinski definition) is 4. The van der Waals surface area contributed by atoms with Crippen LogP contribution in [0, 0.1) is 0 Å². The smallest absolute Gasteiger partial charge is 0.264 e. The number of carbonyl (C=O) groups excluding carboxylic acids is 1. The Morgan fingerprint density at radius 1 is 1.07 bits per heavy atom. The quantitative estimate of drug-likeness (QED) is 0.742. The van der Waals surface area contributed by atoms with Crippen LogP contribution in [0.25, 0.3) is 0 Å². The van der Waals surface area contributed by atoms with Crippen LogP contribution in [0.1, 0.15) is 37.8 Å². The molecule has 158 valence electrons. The minimum absolute atomic E-state index is 0.0142. The van der Waals surface area contributed by atoms with Gasteiger partial charge >= 0.3 is 0 Å². The van der Waals surface area contributed by atoms with Gasteiger partial charge in [-0.1, -0.05) is 18.2 Å². The number of para-hydroxylation sites is 1. The summed E-state index contributed by atoms with van der Waals surface area (Å²) in [5, 5.41) is 0. The van der Waals surface area contributed by atoms with Gasteiger partial charge in [0.2, 0.25) is 5.91 Å². The topological polar surface area (TPSA) is 60.9 Å². The summed E-state index contributed by atoms with van der Waals surface area (Å²) in [5.74, 6) is -0.0142. The van der Waals surface area contributed by atoms with E-state index >= 15 is 0 Å². The fraction of sp³-hybridized carbons (Fsp3) is 0.435. The van der Waals surface area contributed by atoms with Gasteiger partial charge in [-0.05, 0) is 68.1 Å². The van der Waals surface area contributed by atoms with Crippen LogP contribution in [-0.4, -0.2) is 44.4 Å². The number of benzene rings is 2. The lowest BCUT2D eigenvalue weighted by Gasteiger charge is -2.28. The number of anilines is 2. The molecule has 7 heteroatoms. The van der Waals surface area contributed by atoms with E-state index < -0.39 is 10.0 Å². The van der Waals surface area contributed by atoms with Crippen molar-refractivity contribution in [2.45, 2.75) is 56.6 Å². The van der Waals surface area contributed by atoms with E-state index in [-0.39, 0.29) is 18.0 Å². The van der Waals surface area contributed by atoms with Crippen LogP contribution in [0.4, 0.5) is 11.4 Å². The van der Waals surface area contributed by atoms with Crippen LogP contribution in [0.15, 0.2) is 47.4 Å². The van der Waals surface area contributed by atoms with Crippen LogP contribution in [0.2, 0.25) is 0 Å². The first kappa shape index (κ1) is 19.6. The van der Waals surface area contributed by atoms with E-state index in [4.69, 9.17) is 0 Å². The average molecular weight is 426 g/mol. The van der Waals surface area contributed by atoms with Gasteiger partial charge in [-0.15, -0.1) is 0 Å². The van der Waals surface area contributed by atoms with E-state index in [9.17, 15) is 13.2 Å². The van der Waals surface area contributed by atoms with Crippen molar-refractivity contribution in [2.75, 3.05) is 22.3 Å². The maximum Gasteiger partial charge on any atom is 0.264 e. The van der Waals surface area contributed by atoms with Crippen molar-refractivity contribution >= 4 is 27.3 Å². The number of sulfonamides is 1. The Bertz CT molecular complexity index is 1110. The van der Waals surface area contributed by atoms with Gasteiger partial charge in [-0.25, -0.2) is 8.42 Å². The van der Waals surface area contributed by atoms with Crippen molar-refractivity contribution in [3.63, 3.8) is 0 Å². The second-order valence-electron chi connectivity index (χ2n) is 8.66. The first-order valence-electron chi connectivity index (χ1n) is 10.6. The fourth-order valence-electron chi connectivity index (χ4n) is 5.31. The molecule has 3 aliphatic heterocycles. The summed E-state index contributed by atoms with van der Waals surface area (Å²) in [7, 11) is -3.71. The van der Waals surface area contributed by atoms with Crippen molar-refractivity contribution in [3.8, 4) is 0 Å². The summed E-state index contributed by atoms with van der Waals surface area (Å²) < 4.78 is 29.2. The monoisotopic (exact) mass is 425 g/mol. The van der Waals surface area contributed by atoms with E-state index in [1.165, 1.54) is 0 Å². The van der Waals surface area contributed by atoms with Gasteiger partial charge in [0.05, 0.1) is 10.6 Å². The molecule has 30 heavy (non-hydrogen) atoms. The highest BCUT2D eigenvalue weighted by atomic mass is 32.2. The summed E-state index contributed by atoms with van der Waals surface area (Å²) in [4.78, 5) is 16.5. The Morgan fingerprint density at radius 3 is 2.67 bits per heavy atom. The molecule has 1 fully saturated rings. The first-order valence-corrected chi connectivity index (χ1v) is 12.1. The predicted octanol–water partition coefficient (Wildman–Crippen LogP) is 3.16. The van der Waals surface area contributed by atoms with Crippen LogP contribution in [-0.2, 0) is 27.8 Å². The Balaban J connectivity index is 1.57. The molecule has 0 unspecified atom stereocenters. The molecule has 0 N–H and O–H groups in total. The van der Waals surface area contributed by atoms with Crippen LogP contribution < -0.4 is 9.21 Å². The lowest BCUT2D eigenvalue weighted by Crippen LogP contribution is -2.40. The molecule has 1 saturated heterocycles. The van der Waals surface area contributed by atoms with Crippen LogP contribution >= 0.6 is 0 Å². The molecule has 3 heterocycles. The second-order valence-corrected chi connectivity index (χ2v) is 10.5. The summed E-state index contributed by atoms with van der Waals surface area (Å²) in [6, 6.07) is 13.3. The molecule has 0 saturated carbocycles. The zero-order valence-electron chi connectivity index (χ0n) is 17.4. The molecule has 0 radical (unpaired) electrons. The third-order valence-corrected chi connectivity index (χ3v) is 8.48. The highest BCUT2D eigenvalue weighted by molar-refractivity contribution is 7.92. The lowest BCUT2D eigenvalue weighted by molar-refractivity contribution is -0.116. The standard InChI is InChI=1S/C23H27N3O3S/c1-16-12-19-13-21(9-10-23(19)26(16)17(2)27)30(28,29)25-15-20-7-5-11-24(20)14-18-6-3-4-8-22(18)25/h3-4,6,8-10,13,16,20H,5,7,11-12,14-15H2,1-2H3/t16-,20+/m1/s1. The number of nitrogens with zero attached hydrogens (tertiary/aromatic N) is 3. The summed E-state index contributed by atoms with van der Waals surface area (Å²) in [6.07, 6.45) is 2.80. The molecule has 0 aliphatic carbocycles. The van der Waals surface area contributed by atoms with E-state index in [1.807, 2.05) is 31.2 Å². The summed E-state index contributed by atoms with van der Waals surface area (Å²) in [5.41, 5.74) is 3.59. The molecule has 2 atom stereocenters. The molecule has 0 spiro atoms. The number of carbonyl (C=O) groups is 1. The number of fused-ring (bicyclic) bond motifs is 3. The van der Waals surface area contributed by atoms with Gasteiger partial charge in [0, 0.05) is 37.8 Å². The van der Waals surface area contributed by atoms with Crippen molar-refractivity contribution in [3.05, 3.63) is 53.6 Å². The molecule has 0 aromatic heterocycles. The van der Waals surface area contributed by atoms with Gasteiger partial charge in [-0.2, -0.15) is 0 Å². The summed E-state index contributed by atoms with van der Waals surface area (Å²) in [6.45, 7) is 5.84. The number of amides is 1. The molecule has 2 aromatic carbocycles.